The zero-order valence-corrected chi connectivity index (χ0v) is 18.9. The predicted molar refractivity (Wildman–Crippen MR) is 119 cm³/mol. The van der Waals surface area contributed by atoms with Crippen molar-refractivity contribution in [3.8, 4) is 5.75 Å². The summed E-state index contributed by atoms with van der Waals surface area (Å²) in [6.07, 6.45) is 2.11. The molecule has 1 unspecified atom stereocenters. The van der Waals surface area contributed by atoms with Crippen LogP contribution in [0.15, 0.2) is 29.3 Å². The molecule has 0 amide bonds. The first-order valence-electron chi connectivity index (χ1n) is 9.29. The fourth-order valence-electron chi connectivity index (χ4n) is 2.92. The van der Waals surface area contributed by atoms with Gasteiger partial charge in [0.25, 0.3) is 0 Å². The monoisotopic (exact) mass is 475 g/mol. The van der Waals surface area contributed by atoms with E-state index in [0.717, 1.165) is 57.5 Å². The minimum absolute atomic E-state index is 0. The first kappa shape index (κ1) is 23.0. The van der Waals surface area contributed by atoms with E-state index in [0.29, 0.717) is 11.8 Å². The van der Waals surface area contributed by atoms with Gasteiger partial charge in [-0.05, 0) is 36.5 Å². The van der Waals surface area contributed by atoms with Gasteiger partial charge in [-0.1, -0.05) is 26.0 Å². The Balaban J connectivity index is 0.00000338. The Morgan fingerprint density at radius 2 is 2.08 bits per heavy atom. The standard InChI is InChI=1S/C20H33N3O2.HI/c1-16(2)14-25-19-7-5-17(6-8-19)9-11-22-20(21-3)23(4)13-18-10-12-24-15-18;/h5-8,16,18H,9-15H2,1-4H3,(H,21,22);1H. The van der Waals surface area contributed by atoms with Crippen molar-refractivity contribution in [1.29, 1.82) is 0 Å². The number of ether oxygens (including phenoxy) is 2. The minimum Gasteiger partial charge on any atom is -0.493 e. The molecular weight excluding hydrogens is 441 g/mol. The lowest BCUT2D eigenvalue weighted by Gasteiger charge is -2.24. The van der Waals surface area contributed by atoms with Crippen LogP contribution in [0.1, 0.15) is 25.8 Å². The highest BCUT2D eigenvalue weighted by molar-refractivity contribution is 14.0. The van der Waals surface area contributed by atoms with Crippen LogP contribution in [0.5, 0.6) is 5.75 Å². The van der Waals surface area contributed by atoms with Crippen molar-refractivity contribution in [1.82, 2.24) is 10.2 Å². The van der Waals surface area contributed by atoms with Crippen LogP contribution in [0.3, 0.4) is 0 Å². The van der Waals surface area contributed by atoms with E-state index >= 15 is 0 Å². The zero-order chi connectivity index (χ0) is 18.1. The van der Waals surface area contributed by atoms with Crippen molar-refractivity contribution in [3.05, 3.63) is 29.8 Å². The van der Waals surface area contributed by atoms with Crippen molar-refractivity contribution >= 4 is 29.9 Å². The number of halogens is 1. The number of hydrogen-bond donors (Lipinski definition) is 1. The van der Waals surface area contributed by atoms with E-state index in [9.17, 15) is 0 Å². The summed E-state index contributed by atoms with van der Waals surface area (Å²) in [7, 11) is 3.93. The zero-order valence-electron chi connectivity index (χ0n) is 16.5. The van der Waals surface area contributed by atoms with Crippen LogP contribution in [0.4, 0.5) is 0 Å². The SMILES string of the molecule is CN=C(NCCc1ccc(OCC(C)C)cc1)N(C)CC1CCOC1.I. The van der Waals surface area contributed by atoms with Gasteiger partial charge in [-0.25, -0.2) is 0 Å². The van der Waals surface area contributed by atoms with E-state index in [-0.39, 0.29) is 24.0 Å². The molecule has 5 nitrogen and oxygen atoms in total. The molecule has 148 valence electrons. The Morgan fingerprint density at radius 1 is 1.35 bits per heavy atom. The fourth-order valence-corrected chi connectivity index (χ4v) is 2.92. The summed E-state index contributed by atoms with van der Waals surface area (Å²) < 4.78 is 11.2. The number of nitrogens with zero attached hydrogens (tertiary/aromatic N) is 2. The highest BCUT2D eigenvalue weighted by atomic mass is 127. The lowest BCUT2D eigenvalue weighted by molar-refractivity contribution is 0.181. The molecular formula is C20H34IN3O2. The molecule has 1 aromatic carbocycles. The van der Waals surface area contributed by atoms with Gasteiger partial charge in [0.15, 0.2) is 5.96 Å². The average molecular weight is 475 g/mol. The quantitative estimate of drug-likeness (QED) is 0.356. The third kappa shape index (κ3) is 8.12. The summed E-state index contributed by atoms with van der Waals surface area (Å²) in [6.45, 7) is 8.68. The maximum atomic E-state index is 5.73. The van der Waals surface area contributed by atoms with E-state index < -0.39 is 0 Å². The topological polar surface area (TPSA) is 46.1 Å². The Hall–Kier alpha value is -1.02. The second-order valence-electron chi connectivity index (χ2n) is 7.18. The van der Waals surface area contributed by atoms with Crippen LogP contribution in [0.25, 0.3) is 0 Å². The number of guanidine groups is 1. The van der Waals surface area contributed by atoms with Gasteiger partial charge in [0.2, 0.25) is 0 Å². The first-order chi connectivity index (χ1) is 12.1. The van der Waals surface area contributed by atoms with Gasteiger partial charge in [-0.15, -0.1) is 24.0 Å². The Kier molecular flexibility index (Phi) is 11.0. The average Bonchev–Trinajstić information content (AvgIpc) is 3.10. The van der Waals surface area contributed by atoms with E-state index in [1.165, 1.54) is 5.56 Å². The fraction of sp³-hybridized carbons (Fsp3) is 0.650. The molecule has 26 heavy (non-hydrogen) atoms. The van der Waals surface area contributed by atoms with Crippen LogP contribution in [-0.4, -0.2) is 57.9 Å². The van der Waals surface area contributed by atoms with Gasteiger partial charge in [0, 0.05) is 39.7 Å². The molecule has 0 bridgehead atoms. The normalized spacial score (nSPS) is 17.1. The molecule has 1 fully saturated rings. The van der Waals surface area contributed by atoms with E-state index in [1.54, 1.807) is 0 Å². The van der Waals surface area contributed by atoms with Gasteiger partial charge < -0.3 is 19.7 Å². The minimum atomic E-state index is 0. The van der Waals surface area contributed by atoms with Gasteiger partial charge >= 0.3 is 0 Å². The number of benzene rings is 1. The Morgan fingerprint density at radius 3 is 2.65 bits per heavy atom. The second-order valence-corrected chi connectivity index (χ2v) is 7.18. The van der Waals surface area contributed by atoms with Crippen molar-refractivity contribution in [2.24, 2.45) is 16.8 Å². The highest BCUT2D eigenvalue weighted by Gasteiger charge is 2.18. The highest BCUT2D eigenvalue weighted by Crippen LogP contribution is 2.14. The molecule has 1 heterocycles. The van der Waals surface area contributed by atoms with Crippen LogP contribution in [0, 0.1) is 11.8 Å². The lowest BCUT2D eigenvalue weighted by atomic mass is 10.1. The molecule has 1 N–H and O–H groups in total. The smallest absolute Gasteiger partial charge is 0.193 e. The second kappa shape index (κ2) is 12.4. The van der Waals surface area contributed by atoms with Crippen molar-refractivity contribution in [2.75, 3.05) is 47.0 Å². The summed E-state index contributed by atoms with van der Waals surface area (Å²) in [5.41, 5.74) is 1.30. The number of nitrogens with one attached hydrogen (secondary N) is 1. The van der Waals surface area contributed by atoms with Crippen molar-refractivity contribution in [2.45, 2.75) is 26.7 Å². The Labute approximate surface area is 175 Å². The maximum Gasteiger partial charge on any atom is 0.193 e. The largest absolute Gasteiger partial charge is 0.493 e. The maximum absolute atomic E-state index is 5.73. The van der Waals surface area contributed by atoms with Crippen LogP contribution < -0.4 is 10.1 Å². The molecule has 0 aromatic heterocycles. The van der Waals surface area contributed by atoms with Crippen molar-refractivity contribution < 1.29 is 9.47 Å². The number of hydrogen-bond acceptors (Lipinski definition) is 3. The van der Waals surface area contributed by atoms with Gasteiger partial charge in [-0.3, -0.25) is 4.99 Å². The molecule has 0 aliphatic carbocycles. The molecule has 0 radical (unpaired) electrons. The third-order valence-electron chi connectivity index (χ3n) is 4.33. The third-order valence-corrected chi connectivity index (χ3v) is 4.33. The van der Waals surface area contributed by atoms with Crippen LogP contribution in [-0.2, 0) is 11.2 Å². The molecule has 1 aromatic rings. The van der Waals surface area contributed by atoms with E-state index in [1.807, 2.05) is 7.05 Å². The summed E-state index contributed by atoms with van der Waals surface area (Å²) in [5.74, 6) is 3.05. The predicted octanol–water partition coefficient (Wildman–Crippen LogP) is 3.43. The molecule has 2 rings (SSSR count). The lowest BCUT2D eigenvalue weighted by Crippen LogP contribution is -2.42. The molecule has 0 saturated carbocycles. The molecule has 0 spiro atoms. The van der Waals surface area contributed by atoms with E-state index in [4.69, 9.17) is 9.47 Å². The van der Waals surface area contributed by atoms with Crippen LogP contribution >= 0.6 is 24.0 Å². The molecule has 1 saturated heterocycles. The number of rotatable bonds is 8. The Bertz CT molecular complexity index is 528. The van der Waals surface area contributed by atoms with Gasteiger partial charge in [0.05, 0.1) is 13.2 Å². The number of aliphatic imine (C=N–C) groups is 1. The van der Waals surface area contributed by atoms with Crippen molar-refractivity contribution in [3.63, 3.8) is 0 Å². The van der Waals surface area contributed by atoms with Crippen LogP contribution in [0.2, 0.25) is 0 Å². The summed E-state index contributed by atoms with van der Waals surface area (Å²) in [5, 5.41) is 3.45. The first-order valence-corrected chi connectivity index (χ1v) is 9.29. The van der Waals surface area contributed by atoms with E-state index in [2.05, 4.69) is 60.4 Å². The molecule has 1 aliphatic rings. The molecule has 6 heteroatoms. The summed E-state index contributed by atoms with van der Waals surface area (Å²) in [6, 6.07) is 8.39. The summed E-state index contributed by atoms with van der Waals surface area (Å²) >= 11 is 0. The van der Waals surface area contributed by atoms with Gasteiger partial charge in [0.1, 0.15) is 5.75 Å². The van der Waals surface area contributed by atoms with Gasteiger partial charge in [-0.2, -0.15) is 0 Å². The summed E-state index contributed by atoms with van der Waals surface area (Å²) in [4.78, 5) is 6.58. The molecule has 1 atom stereocenters. The molecule has 1 aliphatic heterocycles.